The van der Waals surface area contributed by atoms with Crippen molar-refractivity contribution in [2.75, 3.05) is 27.2 Å². The number of nitrogens with one attached hydrogen (secondary N) is 3. The summed E-state index contributed by atoms with van der Waals surface area (Å²) in [7, 11) is 3.67. The Kier molecular flexibility index (Phi) is 5.91. The highest BCUT2D eigenvalue weighted by molar-refractivity contribution is 5.98. The number of nitrogens with zero attached hydrogens (tertiary/aromatic N) is 1. The number of rotatable bonds is 5. The minimum Gasteiger partial charge on any atom is -0.351 e. The molecule has 0 radical (unpaired) electrons. The molecule has 6 nitrogen and oxygen atoms in total. The van der Waals surface area contributed by atoms with Crippen LogP contribution in [0.25, 0.3) is 0 Å². The first kappa shape index (κ1) is 19.8. The summed E-state index contributed by atoms with van der Waals surface area (Å²) < 4.78 is 40.1. The molecule has 0 aliphatic carbocycles. The van der Waals surface area contributed by atoms with Gasteiger partial charge in [0.25, 0.3) is 5.91 Å². The SMILES string of the molecule is CC1=C(C(=O)NCCN(C)C)[C@H](c2ccccc2C(F)(F)F)NC(=O)N1. The molecule has 9 heteroatoms. The van der Waals surface area contributed by atoms with Gasteiger partial charge in [-0.05, 0) is 32.6 Å². The van der Waals surface area contributed by atoms with E-state index in [0.29, 0.717) is 13.1 Å². The zero-order chi connectivity index (χ0) is 19.5. The summed E-state index contributed by atoms with van der Waals surface area (Å²) in [6.07, 6.45) is -4.60. The van der Waals surface area contributed by atoms with E-state index in [0.717, 1.165) is 6.07 Å². The van der Waals surface area contributed by atoms with Gasteiger partial charge < -0.3 is 20.9 Å². The Hall–Kier alpha value is -2.55. The highest BCUT2D eigenvalue weighted by atomic mass is 19.4. The number of carbonyl (C=O) groups excluding carboxylic acids is 2. The topological polar surface area (TPSA) is 73.5 Å². The van der Waals surface area contributed by atoms with Crippen molar-refractivity contribution in [3.63, 3.8) is 0 Å². The van der Waals surface area contributed by atoms with Gasteiger partial charge in [-0.15, -0.1) is 0 Å². The fourth-order valence-corrected chi connectivity index (χ4v) is 2.72. The van der Waals surface area contributed by atoms with Gasteiger partial charge in [0, 0.05) is 18.8 Å². The van der Waals surface area contributed by atoms with Crippen LogP contribution in [-0.4, -0.2) is 44.0 Å². The van der Waals surface area contributed by atoms with Gasteiger partial charge in [-0.1, -0.05) is 18.2 Å². The summed E-state index contributed by atoms with van der Waals surface area (Å²) in [5, 5.41) is 7.55. The standard InChI is InChI=1S/C17H21F3N4O2/c1-10-13(15(25)21-8-9-24(2)3)14(23-16(26)22-10)11-6-4-5-7-12(11)17(18,19)20/h4-7,14H,8-9H2,1-3H3,(H,21,25)(H2,22,23,26)/t14-/m0/s1. The number of likely N-dealkylation sites (N-methyl/N-ethyl adjacent to an activating group) is 1. The molecule has 0 unspecified atom stereocenters. The molecule has 0 saturated carbocycles. The first-order valence-corrected chi connectivity index (χ1v) is 7.98. The molecule has 0 fully saturated rings. The molecular weight excluding hydrogens is 349 g/mol. The monoisotopic (exact) mass is 370 g/mol. The smallest absolute Gasteiger partial charge is 0.351 e. The highest BCUT2D eigenvalue weighted by Crippen LogP contribution is 2.37. The van der Waals surface area contributed by atoms with Gasteiger partial charge in [0.2, 0.25) is 0 Å². The molecule has 0 saturated heterocycles. The van der Waals surface area contributed by atoms with Gasteiger partial charge in [0.15, 0.2) is 0 Å². The number of urea groups is 1. The van der Waals surface area contributed by atoms with Gasteiger partial charge >= 0.3 is 12.2 Å². The summed E-state index contributed by atoms with van der Waals surface area (Å²) in [4.78, 5) is 26.3. The van der Waals surface area contributed by atoms with E-state index >= 15 is 0 Å². The highest BCUT2D eigenvalue weighted by Gasteiger charge is 2.39. The maximum absolute atomic E-state index is 13.4. The second kappa shape index (κ2) is 7.77. The Morgan fingerprint density at radius 2 is 1.92 bits per heavy atom. The molecule has 1 aromatic rings. The minimum absolute atomic E-state index is 0.0556. The molecule has 1 aliphatic heterocycles. The van der Waals surface area contributed by atoms with E-state index in [1.54, 1.807) is 0 Å². The summed E-state index contributed by atoms with van der Waals surface area (Å²) in [6, 6.07) is 3.05. The van der Waals surface area contributed by atoms with Crippen LogP contribution in [0.15, 0.2) is 35.5 Å². The lowest BCUT2D eigenvalue weighted by Crippen LogP contribution is -2.47. The van der Waals surface area contributed by atoms with Crippen molar-refractivity contribution in [3.8, 4) is 0 Å². The van der Waals surface area contributed by atoms with Crippen molar-refractivity contribution in [1.29, 1.82) is 0 Å². The maximum Gasteiger partial charge on any atom is 0.416 e. The molecule has 26 heavy (non-hydrogen) atoms. The van der Waals surface area contributed by atoms with Gasteiger partial charge in [-0.3, -0.25) is 4.79 Å². The Balaban J connectivity index is 2.41. The van der Waals surface area contributed by atoms with Crippen LogP contribution in [0.1, 0.15) is 24.1 Å². The van der Waals surface area contributed by atoms with Crippen LogP contribution >= 0.6 is 0 Å². The average Bonchev–Trinajstić information content (AvgIpc) is 2.52. The fraction of sp³-hybridized carbons (Fsp3) is 0.412. The predicted octanol–water partition coefficient (Wildman–Crippen LogP) is 2.01. The summed E-state index contributed by atoms with van der Waals surface area (Å²) in [5.74, 6) is -0.529. The maximum atomic E-state index is 13.4. The number of benzene rings is 1. The third-order valence-electron chi connectivity index (χ3n) is 3.94. The van der Waals surface area contributed by atoms with E-state index in [9.17, 15) is 22.8 Å². The van der Waals surface area contributed by atoms with E-state index in [1.807, 2.05) is 19.0 Å². The number of allylic oxidation sites excluding steroid dienone is 1. The van der Waals surface area contributed by atoms with Crippen LogP contribution in [0.2, 0.25) is 0 Å². The first-order valence-electron chi connectivity index (χ1n) is 7.98. The molecule has 3 N–H and O–H groups in total. The van der Waals surface area contributed by atoms with E-state index in [-0.39, 0.29) is 16.8 Å². The van der Waals surface area contributed by atoms with Crippen molar-refractivity contribution < 1.29 is 22.8 Å². The van der Waals surface area contributed by atoms with Crippen molar-refractivity contribution in [1.82, 2.24) is 20.9 Å². The second-order valence-corrected chi connectivity index (χ2v) is 6.21. The van der Waals surface area contributed by atoms with Gasteiger partial charge in [0.05, 0.1) is 17.2 Å². The molecule has 0 bridgehead atoms. The molecule has 2 rings (SSSR count). The zero-order valence-electron chi connectivity index (χ0n) is 14.7. The molecule has 1 aromatic carbocycles. The first-order chi connectivity index (χ1) is 12.1. The lowest BCUT2D eigenvalue weighted by molar-refractivity contribution is -0.138. The quantitative estimate of drug-likeness (QED) is 0.742. The normalized spacial score (nSPS) is 17.8. The van der Waals surface area contributed by atoms with Crippen LogP contribution in [-0.2, 0) is 11.0 Å². The van der Waals surface area contributed by atoms with Crippen molar-refractivity contribution in [2.45, 2.75) is 19.1 Å². The van der Waals surface area contributed by atoms with Gasteiger partial charge in [0.1, 0.15) is 0 Å². The van der Waals surface area contributed by atoms with Crippen molar-refractivity contribution in [2.24, 2.45) is 0 Å². The van der Waals surface area contributed by atoms with Crippen molar-refractivity contribution >= 4 is 11.9 Å². The number of halogens is 3. The number of hydrogen-bond donors (Lipinski definition) is 3. The largest absolute Gasteiger partial charge is 0.416 e. The van der Waals surface area contributed by atoms with Crippen molar-refractivity contribution in [3.05, 3.63) is 46.7 Å². The van der Waals surface area contributed by atoms with E-state index in [2.05, 4.69) is 16.0 Å². The van der Waals surface area contributed by atoms with Crippen LogP contribution in [0.3, 0.4) is 0 Å². The van der Waals surface area contributed by atoms with Gasteiger partial charge in [-0.2, -0.15) is 13.2 Å². The Bertz CT molecular complexity index is 729. The molecule has 1 aliphatic rings. The van der Waals surface area contributed by atoms with E-state index in [1.165, 1.54) is 25.1 Å². The van der Waals surface area contributed by atoms with E-state index < -0.39 is 29.7 Å². The Labute approximate surface area is 149 Å². The lowest BCUT2D eigenvalue weighted by atomic mass is 9.91. The Morgan fingerprint density at radius 3 is 2.54 bits per heavy atom. The lowest BCUT2D eigenvalue weighted by Gasteiger charge is -2.30. The minimum atomic E-state index is -4.60. The molecular formula is C17H21F3N4O2. The second-order valence-electron chi connectivity index (χ2n) is 6.21. The molecule has 3 amide bonds. The Morgan fingerprint density at radius 1 is 1.27 bits per heavy atom. The number of carbonyl (C=O) groups is 2. The molecule has 1 atom stereocenters. The number of hydrogen-bond acceptors (Lipinski definition) is 3. The van der Waals surface area contributed by atoms with Gasteiger partial charge in [-0.25, -0.2) is 4.79 Å². The van der Waals surface area contributed by atoms with Crippen LogP contribution in [0.4, 0.5) is 18.0 Å². The third-order valence-corrected chi connectivity index (χ3v) is 3.94. The summed E-state index contributed by atoms with van der Waals surface area (Å²) in [5.41, 5.74) is -0.788. The molecule has 1 heterocycles. The van der Waals surface area contributed by atoms with E-state index in [4.69, 9.17) is 0 Å². The van der Waals surface area contributed by atoms with Crippen LogP contribution in [0, 0.1) is 0 Å². The zero-order valence-corrected chi connectivity index (χ0v) is 14.7. The van der Waals surface area contributed by atoms with Crippen LogP contribution < -0.4 is 16.0 Å². The van der Waals surface area contributed by atoms with Crippen LogP contribution in [0.5, 0.6) is 0 Å². The predicted molar refractivity (Wildman–Crippen MR) is 90.1 cm³/mol. The summed E-state index contributed by atoms with van der Waals surface area (Å²) in [6.45, 7) is 2.38. The third kappa shape index (κ3) is 4.54. The number of alkyl halides is 3. The molecule has 0 aromatic heterocycles. The molecule has 0 spiro atoms. The molecule has 142 valence electrons. The fourth-order valence-electron chi connectivity index (χ4n) is 2.72. The number of amides is 3. The summed E-state index contributed by atoms with van der Waals surface area (Å²) >= 11 is 0. The average molecular weight is 370 g/mol.